The van der Waals surface area contributed by atoms with E-state index < -0.39 is 0 Å². The van der Waals surface area contributed by atoms with Crippen molar-refractivity contribution >= 4 is 10.8 Å². The Hall–Kier alpha value is -2.35. The fourth-order valence-corrected chi connectivity index (χ4v) is 3.86. The molecule has 0 aliphatic rings. The number of fused-ring (bicyclic) bond motifs is 1. The quantitative estimate of drug-likeness (QED) is 0.281. The lowest BCUT2D eigenvalue weighted by molar-refractivity contribution is -0.659. The van der Waals surface area contributed by atoms with Crippen LogP contribution in [-0.2, 0) is 7.05 Å². The molecule has 28 heavy (non-hydrogen) atoms. The van der Waals surface area contributed by atoms with Gasteiger partial charge in [0, 0.05) is 11.6 Å². The zero-order chi connectivity index (χ0) is 19.8. The zero-order valence-corrected chi connectivity index (χ0v) is 17.7. The number of benzene rings is 2. The number of hydrogen-bond donors (Lipinski definition) is 0. The van der Waals surface area contributed by atoms with Crippen LogP contribution in [0.2, 0.25) is 0 Å². The molecule has 0 aliphatic heterocycles. The van der Waals surface area contributed by atoms with E-state index in [1.807, 2.05) is 0 Å². The summed E-state index contributed by atoms with van der Waals surface area (Å²) >= 11 is 0. The average molecular weight is 377 g/mol. The fourth-order valence-electron chi connectivity index (χ4n) is 3.86. The van der Waals surface area contributed by atoms with Gasteiger partial charge in [-0.05, 0) is 42.5 Å². The number of aromatic nitrogens is 1. The van der Waals surface area contributed by atoms with Gasteiger partial charge < -0.3 is 4.74 Å². The van der Waals surface area contributed by atoms with Gasteiger partial charge in [0.2, 0.25) is 5.69 Å². The third-order valence-corrected chi connectivity index (χ3v) is 5.53. The van der Waals surface area contributed by atoms with Crippen LogP contribution in [0.15, 0.2) is 54.7 Å². The molecular weight excluding hydrogens is 342 g/mol. The van der Waals surface area contributed by atoms with Crippen LogP contribution >= 0.6 is 0 Å². The highest BCUT2D eigenvalue weighted by Crippen LogP contribution is 2.30. The molecule has 0 radical (unpaired) electrons. The van der Waals surface area contributed by atoms with Crippen molar-refractivity contribution < 1.29 is 9.30 Å². The van der Waals surface area contributed by atoms with Crippen LogP contribution in [0.4, 0.5) is 0 Å². The van der Waals surface area contributed by atoms with Crippen molar-refractivity contribution in [3.05, 3.63) is 60.3 Å². The van der Waals surface area contributed by atoms with Crippen LogP contribution in [0.25, 0.3) is 22.0 Å². The predicted octanol–water partition coefficient (Wildman–Crippen LogP) is 6.77. The molecule has 2 aromatic carbocycles. The van der Waals surface area contributed by atoms with Gasteiger partial charge in [-0.15, -0.1) is 0 Å². The summed E-state index contributed by atoms with van der Waals surface area (Å²) in [6.07, 6.45) is 11.3. The Bertz CT molecular complexity index is 900. The van der Waals surface area contributed by atoms with E-state index in [9.17, 15) is 0 Å². The van der Waals surface area contributed by atoms with Crippen molar-refractivity contribution in [3.8, 4) is 17.0 Å². The Morgan fingerprint density at radius 1 is 0.857 bits per heavy atom. The molecule has 1 heterocycles. The summed E-state index contributed by atoms with van der Waals surface area (Å²) in [7, 11) is 2.12. The van der Waals surface area contributed by atoms with Crippen molar-refractivity contribution in [1.29, 1.82) is 0 Å². The first-order valence-electron chi connectivity index (χ1n) is 10.8. The highest BCUT2D eigenvalue weighted by Gasteiger charge is 2.17. The Labute approximate surface area is 170 Å². The first-order chi connectivity index (χ1) is 13.7. The minimum atomic E-state index is 0.804. The maximum absolute atomic E-state index is 6.09. The van der Waals surface area contributed by atoms with E-state index in [2.05, 4.69) is 80.2 Å². The van der Waals surface area contributed by atoms with Crippen molar-refractivity contribution in [2.75, 3.05) is 6.61 Å². The summed E-state index contributed by atoms with van der Waals surface area (Å²) in [5.41, 5.74) is 3.82. The lowest BCUT2D eigenvalue weighted by Gasteiger charge is -2.10. The predicted molar refractivity (Wildman–Crippen MR) is 119 cm³/mol. The topological polar surface area (TPSA) is 13.1 Å². The minimum Gasteiger partial charge on any atom is -0.494 e. The van der Waals surface area contributed by atoms with Gasteiger partial charge in [-0.3, -0.25) is 0 Å². The summed E-state index contributed by atoms with van der Waals surface area (Å²) in [4.78, 5) is 0. The van der Waals surface area contributed by atoms with E-state index in [1.165, 1.54) is 66.1 Å². The summed E-state index contributed by atoms with van der Waals surface area (Å²) < 4.78 is 8.31. The van der Waals surface area contributed by atoms with Crippen LogP contribution in [-0.4, -0.2) is 6.61 Å². The number of hydrogen-bond acceptors (Lipinski definition) is 1. The van der Waals surface area contributed by atoms with Crippen molar-refractivity contribution in [2.45, 2.75) is 58.8 Å². The molecule has 0 bridgehead atoms. The molecule has 3 aromatic rings. The Balaban J connectivity index is 1.71. The number of nitrogens with zero attached hydrogens (tertiary/aromatic N) is 1. The smallest absolute Gasteiger partial charge is 0.220 e. The first-order valence-corrected chi connectivity index (χ1v) is 10.8. The second kappa shape index (κ2) is 10.3. The molecule has 0 saturated heterocycles. The molecule has 0 fully saturated rings. The third kappa shape index (κ3) is 5.13. The van der Waals surface area contributed by atoms with Crippen LogP contribution in [0.1, 0.15) is 57.4 Å². The number of ether oxygens (including phenoxy) is 1. The van der Waals surface area contributed by atoms with Gasteiger partial charge in [-0.2, -0.15) is 0 Å². The van der Waals surface area contributed by atoms with Gasteiger partial charge in [0.15, 0.2) is 6.20 Å². The lowest BCUT2D eigenvalue weighted by Crippen LogP contribution is -2.30. The maximum atomic E-state index is 6.09. The number of unbranched alkanes of at least 4 members (excludes halogenated alkanes) is 6. The SMILES string of the molecule is CCCCCCCCCOc1ccc2cc[n+](C)c(-c3ccccc3C)c2c1. The van der Waals surface area contributed by atoms with E-state index in [0.717, 1.165) is 18.8 Å². The van der Waals surface area contributed by atoms with E-state index in [-0.39, 0.29) is 0 Å². The largest absolute Gasteiger partial charge is 0.494 e. The van der Waals surface area contributed by atoms with Gasteiger partial charge in [0.1, 0.15) is 12.8 Å². The molecule has 0 unspecified atom stereocenters. The van der Waals surface area contributed by atoms with Crippen molar-refractivity contribution in [1.82, 2.24) is 0 Å². The Kier molecular flexibility index (Phi) is 7.47. The van der Waals surface area contributed by atoms with Crippen LogP contribution < -0.4 is 9.30 Å². The maximum Gasteiger partial charge on any atom is 0.220 e. The molecule has 0 spiro atoms. The molecule has 3 rings (SSSR count). The fraction of sp³-hybridized carbons (Fsp3) is 0.423. The molecule has 0 aliphatic carbocycles. The molecule has 0 saturated carbocycles. The highest BCUT2D eigenvalue weighted by molar-refractivity contribution is 5.94. The molecule has 148 valence electrons. The van der Waals surface area contributed by atoms with Crippen molar-refractivity contribution in [3.63, 3.8) is 0 Å². The summed E-state index contributed by atoms with van der Waals surface area (Å²) in [6, 6.07) is 17.3. The lowest BCUT2D eigenvalue weighted by atomic mass is 9.99. The van der Waals surface area contributed by atoms with Crippen LogP contribution in [0.5, 0.6) is 5.75 Å². The standard InChI is InChI=1S/C26H34NO/c1-4-5-6-7-8-9-12-19-28-23-16-15-22-17-18-27(3)26(25(22)20-23)24-14-11-10-13-21(24)2/h10-11,13-18,20H,4-9,12,19H2,1-3H3/q+1. The Morgan fingerprint density at radius 3 is 2.39 bits per heavy atom. The van der Waals surface area contributed by atoms with Gasteiger partial charge in [0.25, 0.3) is 0 Å². The molecule has 0 atom stereocenters. The summed E-state index contributed by atoms with van der Waals surface area (Å²) in [5, 5.41) is 2.50. The summed E-state index contributed by atoms with van der Waals surface area (Å²) in [6.45, 7) is 5.24. The monoisotopic (exact) mass is 376 g/mol. The molecule has 0 amide bonds. The van der Waals surface area contributed by atoms with E-state index in [1.54, 1.807) is 0 Å². The molecule has 2 nitrogen and oxygen atoms in total. The zero-order valence-electron chi connectivity index (χ0n) is 17.7. The number of rotatable bonds is 10. The van der Waals surface area contributed by atoms with E-state index in [0.29, 0.717) is 0 Å². The summed E-state index contributed by atoms with van der Waals surface area (Å²) in [5.74, 6) is 0.972. The van der Waals surface area contributed by atoms with Gasteiger partial charge in [-0.1, -0.05) is 69.7 Å². The van der Waals surface area contributed by atoms with Crippen molar-refractivity contribution in [2.24, 2.45) is 7.05 Å². The van der Waals surface area contributed by atoms with Crippen LogP contribution in [0.3, 0.4) is 0 Å². The van der Waals surface area contributed by atoms with Gasteiger partial charge in [0.05, 0.1) is 12.0 Å². The number of pyridine rings is 1. The molecule has 1 aromatic heterocycles. The minimum absolute atomic E-state index is 0.804. The molecule has 0 N–H and O–H groups in total. The molecule has 2 heteroatoms. The second-order valence-electron chi connectivity index (χ2n) is 7.81. The number of aryl methyl sites for hydroxylation is 2. The normalized spacial score (nSPS) is 11.1. The van der Waals surface area contributed by atoms with E-state index in [4.69, 9.17) is 4.74 Å². The first kappa shape index (κ1) is 20.4. The van der Waals surface area contributed by atoms with Gasteiger partial charge in [-0.25, -0.2) is 4.57 Å². The average Bonchev–Trinajstić information content (AvgIpc) is 2.71. The third-order valence-electron chi connectivity index (χ3n) is 5.53. The Morgan fingerprint density at radius 2 is 1.61 bits per heavy atom. The highest BCUT2D eigenvalue weighted by atomic mass is 16.5. The van der Waals surface area contributed by atoms with E-state index >= 15 is 0 Å². The van der Waals surface area contributed by atoms with Crippen LogP contribution in [0, 0.1) is 6.92 Å². The second-order valence-corrected chi connectivity index (χ2v) is 7.81. The molecular formula is C26H34NO+. The van der Waals surface area contributed by atoms with Gasteiger partial charge >= 0.3 is 0 Å².